The number of aromatic hydroxyl groups is 1. The van der Waals surface area contributed by atoms with E-state index in [-0.39, 0.29) is 23.4 Å². The number of aldehydes is 1. The van der Waals surface area contributed by atoms with Crippen molar-refractivity contribution in [3.63, 3.8) is 0 Å². The van der Waals surface area contributed by atoms with Gasteiger partial charge in [0, 0.05) is 124 Å². The zero-order valence-corrected chi connectivity index (χ0v) is 37.4. The van der Waals surface area contributed by atoms with Crippen LogP contribution in [0.25, 0.3) is 16.7 Å². The molecule has 0 radical (unpaired) electrons. The minimum absolute atomic E-state index is 0.0720. The van der Waals surface area contributed by atoms with Crippen molar-refractivity contribution >= 4 is 52.6 Å². The number of hydrogen-bond acceptors (Lipinski definition) is 11. The molecule has 3 saturated heterocycles. The fourth-order valence-corrected chi connectivity index (χ4v) is 9.78. The Morgan fingerprint density at radius 3 is 2.36 bits per heavy atom. The first-order chi connectivity index (χ1) is 30.9. The third kappa shape index (κ3) is 10.9. The Balaban J connectivity index is 0.000000809. The van der Waals surface area contributed by atoms with Crippen LogP contribution in [-0.2, 0) is 9.59 Å². The number of nitrogens with one attached hydrogen (secondary N) is 2. The number of anilines is 1. The van der Waals surface area contributed by atoms with E-state index in [1.807, 2.05) is 25.4 Å². The number of hydrogen-bond donors (Lipinski definition) is 6. The van der Waals surface area contributed by atoms with Gasteiger partial charge in [-0.15, -0.1) is 0 Å². The van der Waals surface area contributed by atoms with Crippen molar-refractivity contribution in [1.29, 1.82) is 0 Å². The summed E-state index contributed by atoms with van der Waals surface area (Å²) in [6, 6.07) is 15.0. The van der Waals surface area contributed by atoms with Gasteiger partial charge >= 0.3 is 0 Å². The molecule has 2 aromatic heterocycles. The molecule has 5 heterocycles. The number of allylic oxidation sites excluding steroid dienone is 1. The lowest BCUT2D eigenvalue weighted by Gasteiger charge is -2.41. The number of amides is 2. The van der Waals surface area contributed by atoms with Gasteiger partial charge in [-0.25, -0.2) is 9.37 Å². The fourth-order valence-electron chi connectivity index (χ4n) is 9.44. The van der Waals surface area contributed by atoms with Gasteiger partial charge in [-0.05, 0) is 92.0 Å². The molecule has 1 aliphatic carbocycles. The molecule has 1 saturated carbocycles. The molecule has 9 N–H and O–H groups in total. The van der Waals surface area contributed by atoms with Crippen molar-refractivity contribution < 1.29 is 23.9 Å². The fraction of sp³-hybridized carbons (Fsp3) is 0.458. The van der Waals surface area contributed by atoms with E-state index >= 15 is 4.39 Å². The second kappa shape index (κ2) is 20.8. The van der Waals surface area contributed by atoms with Crippen LogP contribution in [0.15, 0.2) is 78.5 Å². The summed E-state index contributed by atoms with van der Waals surface area (Å²) >= 11 is 6.90. The number of carbonyl (C=O) groups is 3. The quantitative estimate of drug-likeness (QED) is 0.0480. The number of nitrogens with two attached hydrogens (primary N) is 3. The molecular formula is C48H62ClFN10O4. The molecule has 4 aromatic rings. The van der Waals surface area contributed by atoms with Gasteiger partial charge < -0.3 is 57.0 Å². The number of likely N-dealkylation sites (tertiary alicyclic amines) is 3. The van der Waals surface area contributed by atoms with Crippen LogP contribution in [-0.4, -0.2) is 113 Å². The van der Waals surface area contributed by atoms with E-state index in [9.17, 15) is 19.5 Å². The van der Waals surface area contributed by atoms with Crippen molar-refractivity contribution in [2.24, 2.45) is 17.2 Å². The molecule has 0 bridgehead atoms. The summed E-state index contributed by atoms with van der Waals surface area (Å²) in [7, 11) is 1.93. The van der Waals surface area contributed by atoms with Gasteiger partial charge in [0.15, 0.2) is 0 Å². The molecule has 4 aliphatic rings. The summed E-state index contributed by atoms with van der Waals surface area (Å²) in [5.41, 5.74) is 23.7. The van der Waals surface area contributed by atoms with E-state index in [1.54, 1.807) is 41.3 Å². The van der Waals surface area contributed by atoms with Gasteiger partial charge in [0.2, 0.25) is 6.41 Å². The monoisotopic (exact) mass is 896 g/mol. The number of aromatic nitrogens is 2. The largest absolute Gasteiger partial charge is 0.507 e. The van der Waals surface area contributed by atoms with Gasteiger partial charge in [-0.3, -0.25) is 9.59 Å². The first-order valence-electron chi connectivity index (χ1n) is 22.5. The number of fused-ring (bicyclic) bond motifs is 1. The minimum Gasteiger partial charge on any atom is -0.507 e. The molecule has 8 rings (SSSR count). The SMILES string of the molecule is CNc1cnc2c(c1)c(C1CC1)cn2C1CCN(CC2(F)CCN(C(=O)c3ccc(C4CCCN(C(/C=C(\N)c5ccccc5O)=C(N)N)C4)c(Cl)c3)CC2)CC1.O=CCCNC=O. The highest BCUT2D eigenvalue weighted by atomic mass is 35.5. The highest BCUT2D eigenvalue weighted by Gasteiger charge is 2.39. The van der Waals surface area contributed by atoms with Gasteiger partial charge in [0.25, 0.3) is 5.91 Å². The Bertz CT molecular complexity index is 2340. The normalized spacial score (nSPS) is 19.4. The Kier molecular flexibility index (Phi) is 15.0. The van der Waals surface area contributed by atoms with Crippen molar-refractivity contribution in [1.82, 2.24) is 29.6 Å². The molecule has 1 unspecified atom stereocenters. The predicted molar refractivity (Wildman–Crippen MR) is 250 cm³/mol. The second-order valence-electron chi connectivity index (χ2n) is 17.6. The van der Waals surface area contributed by atoms with E-state index in [2.05, 4.69) is 37.3 Å². The van der Waals surface area contributed by atoms with Crippen LogP contribution in [0.4, 0.5) is 10.1 Å². The van der Waals surface area contributed by atoms with Crippen LogP contribution in [0.3, 0.4) is 0 Å². The maximum Gasteiger partial charge on any atom is 0.253 e. The Hall–Kier alpha value is -5.80. The van der Waals surface area contributed by atoms with Crippen LogP contribution in [0.1, 0.15) is 103 Å². The van der Waals surface area contributed by atoms with Crippen LogP contribution < -0.4 is 27.8 Å². The van der Waals surface area contributed by atoms with E-state index < -0.39 is 5.67 Å². The summed E-state index contributed by atoms with van der Waals surface area (Å²) < 4.78 is 18.8. The van der Waals surface area contributed by atoms with Crippen LogP contribution in [0.5, 0.6) is 5.75 Å². The summed E-state index contributed by atoms with van der Waals surface area (Å²) in [6.45, 7) is 4.61. The number of carbonyl (C=O) groups excluding carboxylic acids is 3. The van der Waals surface area contributed by atoms with E-state index in [0.29, 0.717) is 97.9 Å². The van der Waals surface area contributed by atoms with E-state index in [1.165, 1.54) is 23.8 Å². The Labute approximate surface area is 379 Å². The number of para-hydroxylation sites is 1. The third-order valence-corrected chi connectivity index (χ3v) is 13.5. The number of nitrogens with zero attached hydrogens (tertiary/aromatic N) is 5. The number of rotatable bonds is 14. The van der Waals surface area contributed by atoms with Gasteiger partial charge in [0.1, 0.15) is 29.2 Å². The van der Waals surface area contributed by atoms with E-state index in [4.69, 9.17) is 33.8 Å². The van der Waals surface area contributed by atoms with Crippen molar-refractivity contribution in [2.75, 3.05) is 64.7 Å². The van der Waals surface area contributed by atoms with Crippen molar-refractivity contribution in [3.05, 3.63) is 106 Å². The standard InChI is InChI=1S/C44H55ClFN9O2.C4H7NO2/c1-50-31-22-35-36(28-8-9-28)26-55(42(35)51-24-31)32-12-17-52(18-13-32)27-44(46)14-19-53(20-15-44)43(57)29-10-11-33(37(45)21-29)30-5-4-16-54(25-30)39(41(48)49)23-38(47)34-6-2-3-7-40(34)56;6-3-1-2-5-4-7/h2-3,6-7,10-11,21-24,26,28,30,32,50,56H,4-5,8-9,12-20,25,27,47-49H2,1H3;3-4H,1-2H2,(H,5,7)/b38-23-;. The first kappa shape index (κ1) is 46.2. The second-order valence-corrected chi connectivity index (χ2v) is 18.0. The number of pyridine rings is 1. The molecule has 16 heteroatoms. The maximum atomic E-state index is 16.4. The molecule has 1 atom stereocenters. The topological polar surface area (TPSA) is 201 Å². The third-order valence-electron chi connectivity index (χ3n) is 13.2. The van der Waals surface area contributed by atoms with Crippen molar-refractivity contribution in [2.45, 2.75) is 81.3 Å². The van der Waals surface area contributed by atoms with Crippen LogP contribution >= 0.6 is 11.6 Å². The molecule has 4 fully saturated rings. The number of phenolic OH excluding ortho intramolecular Hbond substituents is 1. The lowest BCUT2D eigenvalue weighted by molar-refractivity contribution is -0.110. The molecular weight excluding hydrogens is 835 g/mol. The average molecular weight is 898 g/mol. The average Bonchev–Trinajstić information content (AvgIpc) is 4.08. The smallest absolute Gasteiger partial charge is 0.253 e. The molecule has 64 heavy (non-hydrogen) atoms. The molecule has 3 aliphatic heterocycles. The van der Waals surface area contributed by atoms with E-state index in [0.717, 1.165) is 68.5 Å². The first-order valence-corrected chi connectivity index (χ1v) is 22.8. The number of alkyl halides is 1. The van der Waals surface area contributed by atoms with Crippen LogP contribution in [0, 0.1) is 0 Å². The summed E-state index contributed by atoms with van der Waals surface area (Å²) in [6.07, 6.45) is 14.5. The van der Waals surface area contributed by atoms with Crippen molar-refractivity contribution in [3.8, 4) is 5.75 Å². The highest BCUT2D eigenvalue weighted by molar-refractivity contribution is 6.31. The van der Waals surface area contributed by atoms with Gasteiger partial charge in [-0.2, -0.15) is 0 Å². The number of halogens is 2. The summed E-state index contributed by atoms with van der Waals surface area (Å²) in [4.78, 5) is 43.7. The lowest BCUT2D eigenvalue weighted by atomic mass is 9.89. The molecule has 342 valence electrons. The van der Waals surface area contributed by atoms with Crippen LogP contribution in [0.2, 0.25) is 5.02 Å². The van der Waals surface area contributed by atoms with Gasteiger partial charge in [-0.1, -0.05) is 29.8 Å². The predicted octanol–water partition coefficient (Wildman–Crippen LogP) is 6.18. The summed E-state index contributed by atoms with van der Waals surface area (Å²) in [5.74, 6) is 0.795. The van der Waals surface area contributed by atoms with Gasteiger partial charge in [0.05, 0.1) is 17.6 Å². The Morgan fingerprint density at radius 1 is 0.953 bits per heavy atom. The molecule has 2 amide bonds. The molecule has 0 spiro atoms. The minimum atomic E-state index is -1.33. The molecule has 14 nitrogen and oxygen atoms in total. The Morgan fingerprint density at radius 2 is 1.70 bits per heavy atom. The number of phenols is 1. The zero-order valence-electron chi connectivity index (χ0n) is 36.7. The maximum absolute atomic E-state index is 16.4. The number of benzene rings is 2. The molecule has 2 aromatic carbocycles. The highest BCUT2D eigenvalue weighted by Crippen LogP contribution is 2.45. The zero-order chi connectivity index (χ0) is 45.4. The lowest BCUT2D eigenvalue weighted by Crippen LogP contribution is -2.51. The number of piperidine rings is 3. The summed E-state index contributed by atoms with van der Waals surface area (Å²) in [5, 5.41) is 17.7.